The third kappa shape index (κ3) is 4.09. The molecule has 0 spiro atoms. The first kappa shape index (κ1) is 25.9. The third-order valence-electron chi connectivity index (χ3n) is 6.76. The first-order valence-electron chi connectivity index (χ1n) is 11.4. The van der Waals surface area contributed by atoms with Gasteiger partial charge in [0.05, 0.1) is 13.2 Å². The Morgan fingerprint density at radius 3 is 2.11 bits per heavy atom. The molecule has 1 aromatic heterocycles. The van der Waals surface area contributed by atoms with E-state index in [9.17, 15) is 45.3 Å². The van der Waals surface area contributed by atoms with E-state index in [1.807, 2.05) is 0 Å². The Kier molecular flexibility index (Phi) is 6.92. The lowest BCUT2D eigenvalue weighted by Crippen LogP contribution is -2.63. The molecule has 2 aromatic rings. The number of ether oxygens (including phenoxy) is 3. The second-order valence-electron chi connectivity index (χ2n) is 8.96. The minimum Gasteiger partial charge on any atom is -0.394 e. The maximum absolute atomic E-state index is 13.2. The lowest BCUT2D eigenvalue weighted by molar-refractivity contribution is -0.347. The van der Waals surface area contributed by atoms with Crippen LogP contribution in [0.2, 0.25) is 0 Å². The number of ketones is 2. The number of benzene rings is 1. The molecule has 3 heterocycles. The number of hydrogen-bond acceptors (Lipinski definition) is 14. The van der Waals surface area contributed by atoms with Crippen molar-refractivity contribution in [2.24, 2.45) is 0 Å². The molecule has 0 bridgehead atoms. The summed E-state index contributed by atoms with van der Waals surface area (Å²) >= 11 is 0. The van der Waals surface area contributed by atoms with Gasteiger partial charge in [0.1, 0.15) is 54.5 Å². The van der Waals surface area contributed by atoms with Gasteiger partial charge in [-0.25, -0.2) is 4.68 Å². The quantitative estimate of drug-likeness (QED) is 0.168. The number of rotatable bonds is 5. The van der Waals surface area contributed by atoms with E-state index < -0.39 is 86.1 Å². The topological polar surface area (TPSA) is 234 Å². The van der Waals surface area contributed by atoms with Gasteiger partial charge in [0.25, 0.3) is 0 Å². The monoisotopic (exact) mass is 523 g/mol. The van der Waals surface area contributed by atoms with Gasteiger partial charge in [-0.2, -0.15) is 0 Å². The lowest BCUT2D eigenvalue weighted by atomic mass is 9.90. The molecule has 10 atom stereocenters. The number of aromatic nitrogens is 3. The Balaban J connectivity index is 1.41. The van der Waals surface area contributed by atoms with Crippen molar-refractivity contribution < 1.29 is 59.5 Å². The van der Waals surface area contributed by atoms with E-state index in [1.54, 1.807) is 12.1 Å². The zero-order valence-electron chi connectivity index (χ0n) is 19.0. The summed E-state index contributed by atoms with van der Waals surface area (Å²) in [6.45, 7) is -1.51. The van der Waals surface area contributed by atoms with Crippen LogP contribution in [0.1, 0.15) is 38.3 Å². The van der Waals surface area contributed by atoms with Gasteiger partial charge < -0.3 is 50.0 Å². The van der Waals surface area contributed by atoms with Crippen molar-refractivity contribution in [3.05, 3.63) is 46.8 Å². The molecule has 3 aliphatic rings. The fourth-order valence-electron chi connectivity index (χ4n) is 4.74. The Labute approximate surface area is 208 Å². The smallest absolute Gasteiger partial charge is 0.216 e. The fraction of sp³-hybridized carbons (Fsp3) is 0.545. The molecule has 0 unspecified atom stereocenters. The maximum Gasteiger partial charge on any atom is 0.216 e. The molecule has 1 aromatic carbocycles. The van der Waals surface area contributed by atoms with Crippen LogP contribution in [0, 0.1) is 0 Å². The Bertz CT molecular complexity index is 1190. The minimum atomic E-state index is -1.84. The molecule has 7 N–H and O–H groups in total. The van der Waals surface area contributed by atoms with Crippen molar-refractivity contribution in [1.29, 1.82) is 0 Å². The largest absolute Gasteiger partial charge is 0.394 e. The fourth-order valence-corrected chi connectivity index (χ4v) is 4.74. The molecular formula is C22H25N3O12. The Hall–Kier alpha value is -2.70. The molecule has 2 saturated heterocycles. The predicted octanol–water partition coefficient (Wildman–Crippen LogP) is -4.15. The molecular weight excluding hydrogens is 498 g/mol. The molecule has 37 heavy (non-hydrogen) atoms. The van der Waals surface area contributed by atoms with Crippen molar-refractivity contribution in [2.45, 2.75) is 61.3 Å². The van der Waals surface area contributed by atoms with Gasteiger partial charge in [0, 0.05) is 11.1 Å². The molecule has 200 valence electrons. The highest BCUT2D eigenvalue weighted by Crippen LogP contribution is 2.35. The van der Waals surface area contributed by atoms with Gasteiger partial charge >= 0.3 is 0 Å². The zero-order valence-corrected chi connectivity index (χ0v) is 19.0. The van der Waals surface area contributed by atoms with E-state index in [1.165, 1.54) is 12.1 Å². The van der Waals surface area contributed by atoms with Crippen molar-refractivity contribution >= 4 is 11.6 Å². The third-order valence-corrected chi connectivity index (χ3v) is 6.76. The van der Waals surface area contributed by atoms with Gasteiger partial charge in [-0.05, 0) is 0 Å². The highest BCUT2D eigenvalue weighted by atomic mass is 16.7. The van der Waals surface area contributed by atoms with Crippen LogP contribution < -0.4 is 0 Å². The summed E-state index contributed by atoms with van der Waals surface area (Å²) in [7, 11) is 0. The summed E-state index contributed by atoms with van der Waals surface area (Å²) in [6.07, 6.45) is -16.4. The molecule has 2 fully saturated rings. The number of hydrogen-bond donors (Lipinski definition) is 7. The maximum atomic E-state index is 13.2. The molecule has 2 aliphatic heterocycles. The molecule has 0 saturated carbocycles. The van der Waals surface area contributed by atoms with E-state index >= 15 is 0 Å². The number of fused-ring (bicyclic) bond motifs is 2. The number of aliphatic hydroxyl groups is 7. The highest BCUT2D eigenvalue weighted by Gasteiger charge is 2.52. The Morgan fingerprint density at radius 1 is 0.811 bits per heavy atom. The standard InChI is InChI=1S/C22H25N3O12/c26-5-9-15(30)16(31)19(34)22(36-9)37-20-10(6-27)35-21(18(33)17(20)32)25-12-11(23-24-25)13(28)7-3-1-2-4-8(7)14(12)29/h1-4,9-10,15-22,26-27,30-34H,5-6H2/t9-,10-,15-,16+,17-,18-,19-,20-,21-,22+/m1/s1. The number of carbonyl (C=O) groups is 2. The molecule has 0 radical (unpaired) electrons. The molecule has 1 aliphatic carbocycles. The SMILES string of the molecule is O=C1c2ccccc2C(=O)c2c1nnn2[C@@H]1O[C@H](CO)[C@@H](O[C@@H]2O[C@H](CO)[C@@H](O)[C@H](O)[C@H]2O)[C@H](O)[C@H]1O. The van der Waals surface area contributed by atoms with Crippen LogP contribution in [0.15, 0.2) is 24.3 Å². The first-order chi connectivity index (χ1) is 17.7. The van der Waals surface area contributed by atoms with E-state index in [0.29, 0.717) is 0 Å². The molecule has 15 heteroatoms. The van der Waals surface area contributed by atoms with Crippen LogP contribution in [-0.4, -0.2) is 131 Å². The van der Waals surface area contributed by atoms with Crippen LogP contribution in [0.5, 0.6) is 0 Å². The van der Waals surface area contributed by atoms with Crippen molar-refractivity contribution in [1.82, 2.24) is 15.0 Å². The minimum absolute atomic E-state index is 0.0944. The number of nitrogens with zero attached hydrogens (tertiary/aromatic N) is 3. The van der Waals surface area contributed by atoms with Crippen LogP contribution >= 0.6 is 0 Å². The summed E-state index contributed by atoms with van der Waals surface area (Å²) in [5.74, 6) is -1.18. The summed E-state index contributed by atoms with van der Waals surface area (Å²) < 4.78 is 17.4. The lowest BCUT2D eigenvalue weighted by Gasteiger charge is -2.46. The number of aliphatic hydroxyl groups excluding tert-OH is 7. The first-order valence-corrected chi connectivity index (χ1v) is 11.4. The van der Waals surface area contributed by atoms with Gasteiger partial charge in [0.2, 0.25) is 11.6 Å². The van der Waals surface area contributed by atoms with Crippen LogP contribution in [0.3, 0.4) is 0 Å². The average Bonchev–Trinajstić information content (AvgIpc) is 3.35. The summed E-state index contributed by atoms with van der Waals surface area (Å²) in [5, 5.41) is 78.8. The predicted molar refractivity (Wildman–Crippen MR) is 115 cm³/mol. The summed E-state index contributed by atoms with van der Waals surface area (Å²) in [4.78, 5) is 26.0. The normalized spacial score (nSPS) is 37.8. The van der Waals surface area contributed by atoms with Gasteiger partial charge in [-0.1, -0.05) is 29.5 Å². The number of carbonyl (C=O) groups excluding carboxylic acids is 2. The second-order valence-corrected chi connectivity index (χ2v) is 8.96. The van der Waals surface area contributed by atoms with Crippen LogP contribution in [0.25, 0.3) is 0 Å². The van der Waals surface area contributed by atoms with Crippen LogP contribution in [0.4, 0.5) is 0 Å². The molecule has 0 amide bonds. The highest BCUT2D eigenvalue weighted by molar-refractivity contribution is 6.26. The molecule has 15 nitrogen and oxygen atoms in total. The van der Waals surface area contributed by atoms with Gasteiger partial charge in [-0.15, -0.1) is 5.10 Å². The van der Waals surface area contributed by atoms with Gasteiger partial charge in [-0.3, -0.25) is 9.59 Å². The van der Waals surface area contributed by atoms with Gasteiger partial charge in [0.15, 0.2) is 18.2 Å². The van der Waals surface area contributed by atoms with E-state index in [2.05, 4.69) is 10.3 Å². The second kappa shape index (κ2) is 9.88. The van der Waals surface area contributed by atoms with Crippen molar-refractivity contribution in [3.63, 3.8) is 0 Å². The van der Waals surface area contributed by atoms with Crippen molar-refractivity contribution in [2.75, 3.05) is 13.2 Å². The van der Waals surface area contributed by atoms with E-state index in [-0.39, 0.29) is 22.5 Å². The zero-order chi connectivity index (χ0) is 26.6. The van der Waals surface area contributed by atoms with Crippen molar-refractivity contribution in [3.8, 4) is 0 Å². The van der Waals surface area contributed by atoms with E-state index in [4.69, 9.17) is 14.2 Å². The Morgan fingerprint density at radius 2 is 1.46 bits per heavy atom. The average molecular weight is 523 g/mol. The summed E-state index contributed by atoms with van der Waals surface area (Å²) in [5.41, 5.74) is -0.311. The summed E-state index contributed by atoms with van der Waals surface area (Å²) in [6, 6.07) is 6.08. The van der Waals surface area contributed by atoms with E-state index in [0.717, 1.165) is 4.68 Å². The van der Waals surface area contributed by atoms with Crippen LogP contribution in [-0.2, 0) is 14.2 Å². The molecule has 5 rings (SSSR count).